The average Bonchev–Trinajstić information content (AvgIpc) is 2.94. The molecule has 1 radical (unpaired) electrons. The maximum absolute atomic E-state index is 13.1. The first-order valence-corrected chi connectivity index (χ1v) is 14.2. The molecule has 0 amide bonds. The summed E-state index contributed by atoms with van der Waals surface area (Å²) in [6.07, 6.45) is 9.73. The normalized spacial score (nSPS) is 19.7. The fraction of sp³-hybridized carbons (Fsp3) is 0.471. The Balaban J connectivity index is 0.000000207. The van der Waals surface area contributed by atoms with Gasteiger partial charge in [0.15, 0.2) is 5.78 Å². The minimum atomic E-state index is -0.204. The van der Waals surface area contributed by atoms with Gasteiger partial charge in [-0.25, -0.2) is 0 Å². The molecule has 1 aromatic heterocycles. The van der Waals surface area contributed by atoms with Gasteiger partial charge in [-0.3, -0.25) is 4.79 Å². The third kappa shape index (κ3) is 5.54. The summed E-state index contributed by atoms with van der Waals surface area (Å²) in [7, 11) is 0. The third-order valence-corrected chi connectivity index (χ3v) is 9.43. The minimum Gasteiger partial charge on any atom is -0.511 e. The van der Waals surface area contributed by atoms with Crippen molar-refractivity contribution in [1.82, 2.24) is 4.98 Å². The van der Waals surface area contributed by atoms with Crippen molar-refractivity contribution in [2.45, 2.75) is 86.0 Å². The van der Waals surface area contributed by atoms with Crippen LogP contribution in [-0.2, 0) is 24.9 Å². The number of pyridine rings is 1. The average molecular weight is 689 g/mol. The van der Waals surface area contributed by atoms with Gasteiger partial charge in [0.1, 0.15) is 5.76 Å². The summed E-state index contributed by atoms with van der Waals surface area (Å²) in [5, 5.41) is 13.3. The van der Waals surface area contributed by atoms with Gasteiger partial charge in [0.2, 0.25) is 0 Å². The van der Waals surface area contributed by atoms with Crippen LogP contribution in [0.4, 0.5) is 0 Å². The van der Waals surface area contributed by atoms with Crippen LogP contribution in [0.15, 0.2) is 66.1 Å². The van der Waals surface area contributed by atoms with E-state index in [1.165, 1.54) is 16.3 Å². The van der Waals surface area contributed by atoms with Gasteiger partial charge >= 0.3 is 0 Å². The number of nitrogens with zero attached hydrogens (tertiary/aromatic N) is 1. The van der Waals surface area contributed by atoms with Crippen molar-refractivity contribution >= 4 is 16.6 Å². The van der Waals surface area contributed by atoms with E-state index in [1.54, 1.807) is 0 Å². The molecule has 0 bridgehead atoms. The van der Waals surface area contributed by atoms with Gasteiger partial charge in [-0.05, 0) is 86.7 Å². The van der Waals surface area contributed by atoms with E-state index >= 15 is 0 Å². The Hall–Kier alpha value is -2.29. The Morgan fingerprint density at radius 2 is 1.61 bits per heavy atom. The Morgan fingerprint density at radius 3 is 2.21 bits per heavy atom. The predicted octanol–water partition coefficient (Wildman–Crippen LogP) is 9.19. The first-order chi connectivity index (χ1) is 17.8. The van der Waals surface area contributed by atoms with Crippen LogP contribution in [-0.4, -0.2) is 15.9 Å². The maximum Gasteiger partial charge on any atom is 0.168 e. The van der Waals surface area contributed by atoms with Crippen molar-refractivity contribution in [3.63, 3.8) is 0 Å². The first kappa shape index (κ1) is 30.3. The second kappa shape index (κ2) is 12.7. The fourth-order valence-corrected chi connectivity index (χ4v) is 6.54. The molecule has 3 aromatic rings. The Morgan fingerprint density at radius 1 is 0.947 bits per heavy atom. The quantitative estimate of drug-likeness (QED) is 0.272. The van der Waals surface area contributed by atoms with Crippen molar-refractivity contribution in [3.05, 3.63) is 77.7 Å². The maximum atomic E-state index is 13.1. The number of aromatic nitrogens is 1. The molecule has 1 N–H and O–H groups in total. The standard InChI is InChI=1S/C18H30O2.C16H12N.Ir/c1-5-17(6-2)11-9-13-10-12-18(7-3,8-4)16(20)14(13)15(17)19;1-12-7-8-15-14(11-12)9-10-17-16(15)13-5-3-2-4-6-13;/h13,19H,5-12H2,1-4H3;2-5,7-11H,1H3;/q;-1;. The summed E-state index contributed by atoms with van der Waals surface area (Å²) >= 11 is 0. The molecule has 0 saturated heterocycles. The minimum absolute atomic E-state index is 0. The molecule has 0 aliphatic heterocycles. The number of allylic oxidation sites excluding steroid dienone is 2. The van der Waals surface area contributed by atoms with E-state index in [4.69, 9.17) is 0 Å². The number of ketones is 1. The molecule has 38 heavy (non-hydrogen) atoms. The molecule has 1 unspecified atom stereocenters. The van der Waals surface area contributed by atoms with Gasteiger partial charge in [0.05, 0.1) is 0 Å². The largest absolute Gasteiger partial charge is 0.511 e. The molecule has 2 aliphatic rings. The summed E-state index contributed by atoms with van der Waals surface area (Å²) < 4.78 is 0. The van der Waals surface area contributed by atoms with Crippen molar-refractivity contribution in [2.75, 3.05) is 0 Å². The van der Waals surface area contributed by atoms with E-state index in [0.717, 1.165) is 68.2 Å². The molecule has 4 heteroatoms. The monoisotopic (exact) mass is 689 g/mol. The zero-order chi connectivity index (χ0) is 26.6. The third-order valence-electron chi connectivity index (χ3n) is 9.43. The number of rotatable bonds is 5. The van der Waals surface area contributed by atoms with Gasteiger partial charge in [0, 0.05) is 42.7 Å². The second-order valence-electron chi connectivity index (χ2n) is 11.0. The molecule has 1 saturated carbocycles. The van der Waals surface area contributed by atoms with Crippen LogP contribution in [0.2, 0.25) is 0 Å². The van der Waals surface area contributed by atoms with Gasteiger partial charge in [0.25, 0.3) is 0 Å². The van der Waals surface area contributed by atoms with Crippen LogP contribution < -0.4 is 0 Å². The van der Waals surface area contributed by atoms with Gasteiger partial charge < -0.3 is 10.1 Å². The van der Waals surface area contributed by atoms with Crippen LogP contribution in [0.3, 0.4) is 0 Å². The number of hydrogen-bond donors (Lipinski definition) is 1. The molecule has 205 valence electrons. The summed E-state index contributed by atoms with van der Waals surface area (Å²) in [6, 6.07) is 19.7. The van der Waals surface area contributed by atoms with E-state index in [1.807, 2.05) is 30.5 Å². The van der Waals surface area contributed by atoms with Crippen LogP contribution in [0.1, 0.15) is 84.6 Å². The molecule has 2 aromatic carbocycles. The number of carbonyl (C=O) groups excluding carboxylic acids is 1. The van der Waals surface area contributed by atoms with Crippen molar-refractivity contribution in [2.24, 2.45) is 16.7 Å². The number of Topliss-reactive ketones (excluding diaryl/α,β-unsaturated/α-hetero) is 1. The molecule has 0 spiro atoms. The molecule has 2 aliphatic carbocycles. The molecule has 1 heterocycles. The number of aliphatic hydroxyl groups excluding tert-OH is 1. The number of fused-ring (bicyclic) bond motifs is 2. The molecule has 1 fully saturated rings. The topological polar surface area (TPSA) is 50.2 Å². The summed E-state index contributed by atoms with van der Waals surface area (Å²) in [6.45, 7) is 10.6. The molecule has 3 nitrogen and oxygen atoms in total. The molecule has 1 atom stereocenters. The van der Waals surface area contributed by atoms with Crippen molar-refractivity contribution in [3.8, 4) is 11.3 Å². The number of carbonyl (C=O) groups is 1. The SMILES string of the molecule is CCC1(CC)CCC2CCC(CC)(CC)C(O)=C2C1=O.Cc1ccc2c(-c3[c-]cccc3)nccc2c1.[Ir]. The second-order valence-corrected chi connectivity index (χ2v) is 11.0. The van der Waals surface area contributed by atoms with E-state index in [0.29, 0.717) is 11.7 Å². The predicted molar refractivity (Wildman–Crippen MR) is 153 cm³/mol. The number of aliphatic hydroxyl groups is 1. The Kier molecular flexibility index (Phi) is 10.1. The zero-order valence-electron chi connectivity index (χ0n) is 23.6. The molecular weight excluding hydrogens is 647 g/mol. The molecular formula is C34H42IrNO2-. The smallest absolute Gasteiger partial charge is 0.168 e. The molecule has 5 rings (SSSR count). The fourth-order valence-electron chi connectivity index (χ4n) is 6.54. The van der Waals surface area contributed by atoms with Crippen LogP contribution in [0, 0.1) is 29.7 Å². The van der Waals surface area contributed by atoms with Crippen LogP contribution >= 0.6 is 0 Å². The van der Waals surface area contributed by atoms with Gasteiger partial charge in [-0.15, -0.1) is 35.9 Å². The number of hydrogen-bond acceptors (Lipinski definition) is 3. The van der Waals surface area contributed by atoms with Crippen molar-refractivity contribution < 1.29 is 30.0 Å². The van der Waals surface area contributed by atoms with E-state index in [-0.39, 0.29) is 36.7 Å². The van der Waals surface area contributed by atoms with Gasteiger partial charge in [-0.1, -0.05) is 51.5 Å². The number of aryl methyl sites for hydroxylation is 1. The first-order valence-electron chi connectivity index (χ1n) is 14.2. The van der Waals surface area contributed by atoms with E-state index in [9.17, 15) is 9.90 Å². The Bertz CT molecular complexity index is 1270. The number of benzene rings is 2. The summed E-state index contributed by atoms with van der Waals surface area (Å²) in [5.74, 6) is 1.04. The van der Waals surface area contributed by atoms with E-state index < -0.39 is 0 Å². The van der Waals surface area contributed by atoms with Gasteiger partial charge in [-0.2, -0.15) is 0 Å². The zero-order valence-corrected chi connectivity index (χ0v) is 26.0. The Labute approximate surface area is 242 Å². The van der Waals surface area contributed by atoms with Crippen LogP contribution in [0.5, 0.6) is 0 Å². The summed E-state index contributed by atoms with van der Waals surface area (Å²) in [4.78, 5) is 17.5. The summed E-state index contributed by atoms with van der Waals surface area (Å²) in [5.41, 5.74) is 3.79. The van der Waals surface area contributed by atoms with E-state index in [2.05, 4.69) is 69.9 Å². The van der Waals surface area contributed by atoms with Crippen molar-refractivity contribution in [1.29, 1.82) is 0 Å². The van der Waals surface area contributed by atoms with Crippen LogP contribution in [0.25, 0.3) is 22.0 Å².